The predicted molar refractivity (Wildman–Crippen MR) is 98.1 cm³/mol. The summed E-state index contributed by atoms with van der Waals surface area (Å²) in [6.45, 7) is 1.91. The molecule has 26 heavy (non-hydrogen) atoms. The Morgan fingerprint density at radius 1 is 1.15 bits per heavy atom. The molecule has 3 nitrogen and oxygen atoms in total. The van der Waals surface area contributed by atoms with E-state index in [9.17, 15) is 13.6 Å². The van der Waals surface area contributed by atoms with Gasteiger partial charge < -0.3 is 5.32 Å². The van der Waals surface area contributed by atoms with E-state index in [2.05, 4.69) is 10.3 Å². The maximum absolute atomic E-state index is 13.8. The number of nitrogens with zero attached hydrogens (tertiary/aromatic N) is 1. The predicted octanol–water partition coefficient (Wildman–Crippen LogP) is 5.14. The number of halogens is 2. The first-order valence-corrected chi connectivity index (χ1v) is 9.13. The second-order valence-electron chi connectivity index (χ2n) is 6.39. The Morgan fingerprint density at radius 2 is 1.88 bits per heavy atom. The third kappa shape index (κ3) is 3.24. The van der Waals surface area contributed by atoms with E-state index in [4.69, 9.17) is 0 Å². The standard InChI is InChI=1S/C20H16F2N2OS/c1-11-18(12-6-8-13(21)9-7-12)23-20(26-11)24-19(25)16-10-15(16)14-4-2-3-5-17(14)22/h2-9,15-16H,10H2,1H3,(H,23,24,25)/t15-,16-/m0/s1. The summed E-state index contributed by atoms with van der Waals surface area (Å²) in [4.78, 5) is 17.9. The molecule has 0 spiro atoms. The van der Waals surface area contributed by atoms with E-state index in [1.165, 1.54) is 29.5 Å². The van der Waals surface area contributed by atoms with Crippen molar-refractivity contribution < 1.29 is 13.6 Å². The number of nitrogens with one attached hydrogen (secondary N) is 1. The molecule has 1 amide bonds. The monoisotopic (exact) mass is 370 g/mol. The molecule has 1 aliphatic rings. The van der Waals surface area contributed by atoms with Crippen LogP contribution in [0.15, 0.2) is 48.5 Å². The largest absolute Gasteiger partial charge is 0.302 e. The van der Waals surface area contributed by atoms with Gasteiger partial charge in [0, 0.05) is 16.4 Å². The molecule has 3 aromatic rings. The number of anilines is 1. The fourth-order valence-corrected chi connectivity index (χ4v) is 3.97. The van der Waals surface area contributed by atoms with Gasteiger partial charge in [-0.05, 0) is 55.2 Å². The summed E-state index contributed by atoms with van der Waals surface area (Å²) in [5.41, 5.74) is 2.12. The van der Waals surface area contributed by atoms with Crippen molar-refractivity contribution in [1.29, 1.82) is 0 Å². The van der Waals surface area contributed by atoms with Crippen LogP contribution in [0.2, 0.25) is 0 Å². The minimum atomic E-state index is -0.303. The molecular weight excluding hydrogens is 354 g/mol. The van der Waals surface area contributed by atoms with Crippen LogP contribution in [0, 0.1) is 24.5 Å². The van der Waals surface area contributed by atoms with Crippen molar-refractivity contribution in [3.63, 3.8) is 0 Å². The number of rotatable bonds is 4. The van der Waals surface area contributed by atoms with Gasteiger partial charge >= 0.3 is 0 Å². The van der Waals surface area contributed by atoms with Gasteiger partial charge in [-0.1, -0.05) is 18.2 Å². The van der Waals surface area contributed by atoms with Gasteiger partial charge in [-0.15, -0.1) is 11.3 Å². The van der Waals surface area contributed by atoms with E-state index in [1.54, 1.807) is 30.3 Å². The van der Waals surface area contributed by atoms with Crippen LogP contribution in [0.3, 0.4) is 0 Å². The summed E-state index contributed by atoms with van der Waals surface area (Å²) in [5, 5.41) is 3.34. The Morgan fingerprint density at radius 3 is 2.62 bits per heavy atom. The van der Waals surface area contributed by atoms with Crippen LogP contribution < -0.4 is 5.32 Å². The highest BCUT2D eigenvalue weighted by Gasteiger charge is 2.45. The maximum Gasteiger partial charge on any atom is 0.229 e. The molecule has 0 radical (unpaired) electrons. The normalized spacial score (nSPS) is 18.6. The van der Waals surface area contributed by atoms with Crippen molar-refractivity contribution in [1.82, 2.24) is 4.98 Å². The number of benzene rings is 2. The fraction of sp³-hybridized carbons (Fsp3) is 0.200. The van der Waals surface area contributed by atoms with E-state index < -0.39 is 0 Å². The molecule has 1 heterocycles. The Labute approximate surface area is 153 Å². The Balaban J connectivity index is 1.47. The molecule has 0 bridgehead atoms. The average molecular weight is 370 g/mol. The second kappa shape index (κ2) is 6.61. The van der Waals surface area contributed by atoms with Crippen molar-refractivity contribution in [2.45, 2.75) is 19.3 Å². The fourth-order valence-electron chi connectivity index (χ4n) is 3.13. The van der Waals surface area contributed by atoms with Crippen LogP contribution >= 0.6 is 11.3 Å². The molecule has 0 unspecified atom stereocenters. The SMILES string of the molecule is Cc1sc(NC(=O)[C@H]2C[C@H]2c2ccccc2F)nc1-c1ccc(F)cc1. The quantitative estimate of drug-likeness (QED) is 0.691. The van der Waals surface area contributed by atoms with Crippen molar-refractivity contribution >= 4 is 22.4 Å². The van der Waals surface area contributed by atoms with Crippen LogP contribution in [0.1, 0.15) is 22.8 Å². The van der Waals surface area contributed by atoms with Gasteiger partial charge in [0.15, 0.2) is 5.13 Å². The number of hydrogen-bond donors (Lipinski definition) is 1. The lowest BCUT2D eigenvalue weighted by atomic mass is 10.1. The van der Waals surface area contributed by atoms with Gasteiger partial charge in [0.05, 0.1) is 5.69 Å². The molecule has 6 heteroatoms. The molecule has 2 atom stereocenters. The zero-order valence-corrected chi connectivity index (χ0v) is 14.8. The highest BCUT2D eigenvalue weighted by atomic mass is 32.1. The Bertz CT molecular complexity index is 968. The minimum absolute atomic E-state index is 0.0752. The molecule has 0 aliphatic heterocycles. The molecule has 1 N–H and O–H groups in total. The lowest BCUT2D eigenvalue weighted by Gasteiger charge is -2.03. The van der Waals surface area contributed by atoms with Gasteiger partial charge in [0.2, 0.25) is 5.91 Å². The Hall–Kier alpha value is -2.60. The number of amides is 1. The number of aryl methyl sites for hydroxylation is 1. The van der Waals surface area contributed by atoms with Crippen LogP contribution in [0.25, 0.3) is 11.3 Å². The lowest BCUT2D eigenvalue weighted by Crippen LogP contribution is -2.14. The van der Waals surface area contributed by atoms with Crippen molar-refractivity contribution in [3.05, 3.63) is 70.6 Å². The van der Waals surface area contributed by atoms with Gasteiger partial charge in [-0.3, -0.25) is 4.79 Å². The van der Waals surface area contributed by atoms with Crippen LogP contribution in [-0.2, 0) is 4.79 Å². The zero-order valence-electron chi connectivity index (χ0n) is 14.0. The molecule has 1 aliphatic carbocycles. The molecular formula is C20H16F2N2OS. The first kappa shape index (κ1) is 16.8. The number of carbonyl (C=O) groups is 1. The molecule has 2 aromatic carbocycles. The van der Waals surface area contributed by atoms with Crippen molar-refractivity contribution in [2.24, 2.45) is 5.92 Å². The number of hydrogen-bond acceptors (Lipinski definition) is 3. The second-order valence-corrected chi connectivity index (χ2v) is 7.59. The first-order chi connectivity index (χ1) is 12.5. The third-order valence-electron chi connectivity index (χ3n) is 4.58. The molecule has 4 rings (SSSR count). The molecule has 132 valence electrons. The molecule has 1 aromatic heterocycles. The number of aromatic nitrogens is 1. The maximum atomic E-state index is 13.8. The first-order valence-electron chi connectivity index (χ1n) is 8.31. The van der Waals surface area contributed by atoms with Crippen molar-refractivity contribution in [2.75, 3.05) is 5.32 Å². The molecule has 1 fully saturated rings. The van der Waals surface area contributed by atoms with Gasteiger partial charge in [0.25, 0.3) is 0 Å². The van der Waals surface area contributed by atoms with E-state index in [0.29, 0.717) is 17.1 Å². The van der Waals surface area contributed by atoms with E-state index in [-0.39, 0.29) is 29.4 Å². The van der Waals surface area contributed by atoms with Gasteiger partial charge in [0.1, 0.15) is 11.6 Å². The number of carbonyl (C=O) groups excluding carboxylic acids is 1. The van der Waals surface area contributed by atoms with Gasteiger partial charge in [-0.2, -0.15) is 0 Å². The highest BCUT2D eigenvalue weighted by Crippen LogP contribution is 2.49. The summed E-state index contributed by atoms with van der Waals surface area (Å²) in [6, 6.07) is 12.7. The van der Waals surface area contributed by atoms with E-state index in [0.717, 1.165) is 16.1 Å². The molecule has 1 saturated carbocycles. The van der Waals surface area contributed by atoms with Crippen LogP contribution in [-0.4, -0.2) is 10.9 Å². The number of thiazole rings is 1. The summed E-state index contributed by atoms with van der Waals surface area (Å²) in [5.74, 6) is -1.02. The van der Waals surface area contributed by atoms with Crippen molar-refractivity contribution in [3.8, 4) is 11.3 Å². The van der Waals surface area contributed by atoms with Crippen LogP contribution in [0.5, 0.6) is 0 Å². The summed E-state index contributed by atoms with van der Waals surface area (Å²) >= 11 is 1.38. The van der Waals surface area contributed by atoms with E-state index >= 15 is 0 Å². The van der Waals surface area contributed by atoms with Gasteiger partial charge in [-0.25, -0.2) is 13.8 Å². The summed E-state index contributed by atoms with van der Waals surface area (Å²) in [6.07, 6.45) is 0.641. The summed E-state index contributed by atoms with van der Waals surface area (Å²) in [7, 11) is 0. The Kier molecular flexibility index (Phi) is 4.28. The lowest BCUT2D eigenvalue weighted by molar-refractivity contribution is -0.117. The minimum Gasteiger partial charge on any atom is -0.302 e. The highest BCUT2D eigenvalue weighted by molar-refractivity contribution is 7.16. The topological polar surface area (TPSA) is 42.0 Å². The molecule has 0 saturated heterocycles. The summed E-state index contributed by atoms with van der Waals surface area (Å²) < 4.78 is 26.9. The zero-order chi connectivity index (χ0) is 18.3. The van der Waals surface area contributed by atoms with Crippen LogP contribution in [0.4, 0.5) is 13.9 Å². The van der Waals surface area contributed by atoms with E-state index in [1.807, 2.05) is 6.92 Å². The average Bonchev–Trinajstić information content (AvgIpc) is 3.33. The smallest absolute Gasteiger partial charge is 0.229 e. The third-order valence-corrected chi connectivity index (χ3v) is 5.46.